The predicted octanol–water partition coefficient (Wildman–Crippen LogP) is 3.52. The average Bonchev–Trinajstić information content (AvgIpc) is 3.14. The van der Waals surface area contributed by atoms with Crippen LogP contribution in [0.25, 0.3) is 0 Å². The Morgan fingerprint density at radius 1 is 1.17 bits per heavy atom. The number of aliphatic hydroxyl groups excluding tert-OH is 1. The minimum absolute atomic E-state index is 0.249. The summed E-state index contributed by atoms with van der Waals surface area (Å²) in [5.41, 5.74) is 1.18. The van der Waals surface area contributed by atoms with Gasteiger partial charge in [0.2, 0.25) is 5.91 Å². The van der Waals surface area contributed by atoms with Crippen LogP contribution in [-0.4, -0.2) is 35.1 Å². The van der Waals surface area contributed by atoms with Crippen LogP contribution in [0.15, 0.2) is 47.8 Å². The van der Waals surface area contributed by atoms with E-state index in [0.29, 0.717) is 18.8 Å². The summed E-state index contributed by atoms with van der Waals surface area (Å²) >= 11 is 1.71. The fourth-order valence-electron chi connectivity index (χ4n) is 3.40. The summed E-state index contributed by atoms with van der Waals surface area (Å²) in [5, 5.41) is 12.5. The number of carbonyl (C=O) groups is 1. The van der Waals surface area contributed by atoms with E-state index in [-0.39, 0.29) is 12.0 Å². The Hall–Kier alpha value is -1.65. The van der Waals surface area contributed by atoms with Crippen LogP contribution >= 0.6 is 11.3 Å². The number of nitrogens with zero attached hydrogens (tertiary/aromatic N) is 1. The normalized spacial score (nSPS) is 17.0. The molecule has 2 aromatic rings. The zero-order valence-electron chi connectivity index (χ0n) is 13.9. The average molecular weight is 343 g/mol. The van der Waals surface area contributed by atoms with Crippen LogP contribution in [0, 0.1) is 5.92 Å². The van der Waals surface area contributed by atoms with Gasteiger partial charge in [0.1, 0.15) is 0 Å². The number of carbonyl (C=O) groups excluding carboxylic acids is 1. The molecular weight excluding hydrogens is 318 g/mol. The maximum Gasteiger partial charge on any atom is 0.222 e. The van der Waals surface area contributed by atoms with E-state index in [1.54, 1.807) is 11.3 Å². The second-order valence-electron chi connectivity index (χ2n) is 6.55. The van der Waals surface area contributed by atoms with Crippen molar-refractivity contribution in [1.82, 2.24) is 4.90 Å². The molecule has 0 bridgehead atoms. The minimum Gasteiger partial charge on any atom is -0.392 e. The maximum atomic E-state index is 12.3. The van der Waals surface area contributed by atoms with E-state index in [1.165, 1.54) is 10.4 Å². The van der Waals surface area contributed by atoms with Crippen molar-refractivity contribution in [3.05, 3.63) is 58.3 Å². The molecule has 3 nitrogen and oxygen atoms in total. The molecule has 1 aromatic carbocycles. The maximum absolute atomic E-state index is 12.3. The molecule has 1 amide bonds. The molecule has 1 aromatic heterocycles. The largest absolute Gasteiger partial charge is 0.392 e. The van der Waals surface area contributed by atoms with Gasteiger partial charge in [-0.1, -0.05) is 36.4 Å². The van der Waals surface area contributed by atoms with E-state index in [1.807, 2.05) is 29.2 Å². The first-order chi connectivity index (χ1) is 11.7. The standard InChI is InChI=1S/C20H25NO2S/c22-19(15-16-5-2-1-3-6-16)17-10-12-21(13-11-17)20(23)9-8-18-7-4-14-24-18/h1-7,14,17,19,22H,8-13,15H2. The van der Waals surface area contributed by atoms with Crippen LogP contribution in [0.2, 0.25) is 0 Å². The van der Waals surface area contributed by atoms with Gasteiger partial charge in [-0.25, -0.2) is 0 Å². The third-order valence-corrected chi connectivity index (χ3v) is 5.83. The van der Waals surface area contributed by atoms with Crippen LogP contribution in [0.5, 0.6) is 0 Å². The quantitative estimate of drug-likeness (QED) is 0.872. The third-order valence-electron chi connectivity index (χ3n) is 4.89. The molecule has 0 spiro atoms. The van der Waals surface area contributed by atoms with Crippen LogP contribution < -0.4 is 0 Å². The van der Waals surface area contributed by atoms with Crippen molar-refractivity contribution in [2.75, 3.05) is 13.1 Å². The molecule has 1 N–H and O–H groups in total. The summed E-state index contributed by atoms with van der Waals surface area (Å²) in [5.74, 6) is 0.547. The lowest BCUT2D eigenvalue weighted by Crippen LogP contribution is -2.41. The number of aryl methyl sites for hydroxylation is 1. The Kier molecular flexibility index (Phi) is 6.05. The van der Waals surface area contributed by atoms with Gasteiger partial charge in [-0.2, -0.15) is 0 Å². The number of thiophene rings is 1. The molecule has 1 saturated heterocycles. The highest BCUT2D eigenvalue weighted by atomic mass is 32.1. The zero-order chi connectivity index (χ0) is 16.8. The number of rotatable bonds is 6. The van der Waals surface area contributed by atoms with Crippen LogP contribution in [0.4, 0.5) is 0 Å². The molecule has 1 fully saturated rings. The highest BCUT2D eigenvalue weighted by Gasteiger charge is 2.27. The molecule has 1 aliphatic heterocycles. The molecule has 128 valence electrons. The molecule has 2 heterocycles. The van der Waals surface area contributed by atoms with E-state index in [0.717, 1.165) is 32.4 Å². The molecule has 1 unspecified atom stereocenters. The van der Waals surface area contributed by atoms with E-state index in [9.17, 15) is 9.90 Å². The van der Waals surface area contributed by atoms with Gasteiger partial charge >= 0.3 is 0 Å². The van der Waals surface area contributed by atoms with E-state index in [4.69, 9.17) is 0 Å². The highest BCUT2D eigenvalue weighted by molar-refractivity contribution is 7.09. The predicted molar refractivity (Wildman–Crippen MR) is 98.1 cm³/mol. The highest BCUT2D eigenvalue weighted by Crippen LogP contribution is 2.24. The number of piperidine rings is 1. The molecule has 24 heavy (non-hydrogen) atoms. The van der Waals surface area contributed by atoms with Crippen LogP contribution in [-0.2, 0) is 17.6 Å². The molecule has 0 saturated carbocycles. The fourth-order valence-corrected chi connectivity index (χ4v) is 4.11. The van der Waals surface area contributed by atoms with Crippen molar-refractivity contribution >= 4 is 17.2 Å². The van der Waals surface area contributed by atoms with Gasteiger partial charge in [-0.05, 0) is 48.6 Å². The van der Waals surface area contributed by atoms with Crippen molar-refractivity contribution < 1.29 is 9.90 Å². The first-order valence-corrected chi connectivity index (χ1v) is 9.62. The van der Waals surface area contributed by atoms with E-state index >= 15 is 0 Å². The van der Waals surface area contributed by atoms with E-state index in [2.05, 4.69) is 23.6 Å². The Labute approximate surface area is 147 Å². The Morgan fingerprint density at radius 2 is 1.92 bits per heavy atom. The summed E-state index contributed by atoms with van der Waals surface area (Å²) in [6.07, 6.45) is 3.64. The summed E-state index contributed by atoms with van der Waals surface area (Å²) in [6.45, 7) is 1.56. The lowest BCUT2D eigenvalue weighted by molar-refractivity contribution is -0.133. The zero-order valence-corrected chi connectivity index (χ0v) is 14.8. The second kappa shape index (κ2) is 8.45. The van der Waals surface area contributed by atoms with Crippen LogP contribution in [0.3, 0.4) is 0 Å². The van der Waals surface area contributed by atoms with Gasteiger partial charge in [0, 0.05) is 24.4 Å². The summed E-state index contributed by atoms with van der Waals surface area (Å²) in [4.78, 5) is 15.6. The molecule has 1 atom stereocenters. The molecule has 4 heteroatoms. The molecule has 0 radical (unpaired) electrons. The number of hydrogen-bond donors (Lipinski definition) is 1. The number of aliphatic hydroxyl groups is 1. The summed E-state index contributed by atoms with van der Waals surface area (Å²) < 4.78 is 0. The van der Waals surface area contributed by atoms with E-state index < -0.39 is 0 Å². The molecule has 0 aliphatic carbocycles. The van der Waals surface area contributed by atoms with Gasteiger partial charge in [0.05, 0.1) is 6.10 Å². The Bertz CT molecular complexity index is 618. The lowest BCUT2D eigenvalue weighted by Gasteiger charge is -2.34. The minimum atomic E-state index is -0.309. The molecule has 3 rings (SSSR count). The van der Waals surface area contributed by atoms with Crippen LogP contribution in [0.1, 0.15) is 29.7 Å². The fraction of sp³-hybridized carbons (Fsp3) is 0.450. The number of benzene rings is 1. The number of likely N-dealkylation sites (tertiary alicyclic amines) is 1. The smallest absolute Gasteiger partial charge is 0.222 e. The van der Waals surface area contributed by atoms with Crippen molar-refractivity contribution in [2.45, 2.75) is 38.2 Å². The van der Waals surface area contributed by atoms with Crippen molar-refractivity contribution in [3.8, 4) is 0 Å². The van der Waals surface area contributed by atoms with Gasteiger partial charge in [0.15, 0.2) is 0 Å². The monoisotopic (exact) mass is 343 g/mol. The van der Waals surface area contributed by atoms with Gasteiger partial charge in [0.25, 0.3) is 0 Å². The topological polar surface area (TPSA) is 40.5 Å². The SMILES string of the molecule is O=C(CCc1cccs1)N1CCC(C(O)Cc2ccccc2)CC1. The third kappa shape index (κ3) is 4.68. The van der Waals surface area contributed by atoms with Gasteiger partial charge in [-0.15, -0.1) is 11.3 Å². The molecular formula is C20H25NO2S. The van der Waals surface area contributed by atoms with Crippen molar-refractivity contribution in [2.24, 2.45) is 5.92 Å². The Balaban J connectivity index is 1.42. The van der Waals surface area contributed by atoms with Crippen molar-refractivity contribution in [1.29, 1.82) is 0 Å². The van der Waals surface area contributed by atoms with Gasteiger partial charge in [-0.3, -0.25) is 4.79 Å². The first-order valence-electron chi connectivity index (χ1n) is 8.74. The number of amides is 1. The first kappa shape index (κ1) is 17.2. The summed E-state index contributed by atoms with van der Waals surface area (Å²) in [6, 6.07) is 14.3. The summed E-state index contributed by atoms with van der Waals surface area (Å²) in [7, 11) is 0. The van der Waals surface area contributed by atoms with Gasteiger partial charge < -0.3 is 10.0 Å². The Morgan fingerprint density at radius 3 is 2.58 bits per heavy atom. The lowest BCUT2D eigenvalue weighted by atomic mass is 9.88. The molecule has 1 aliphatic rings. The second-order valence-corrected chi connectivity index (χ2v) is 7.59. The number of hydrogen-bond acceptors (Lipinski definition) is 3. The van der Waals surface area contributed by atoms with Crippen molar-refractivity contribution in [3.63, 3.8) is 0 Å².